The van der Waals surface area contributed by atoms with Crippen molar-refractivity contribution in [2.75, 3.05) is 0 Å². The maximum atomic E-state index is 12.1. The molecule has 0 aliphatic rings. The van der Waals surface area contributed by atoms with Gasteiger partial charge in [0.05, 0.1) is 22.4 Å². The Morgan fingerprint density at radius 1 is 0.654 bits per heavy atom. The van der Waals surface area contributed by atoms with Crippen molar-refractivity contribution in [2.45, 2.75) is 19.3 Å². The largest absolute Gasteiger partial charge is 2.00 e. The van der Waals surface area contributed by atoms with Crippen molar-refractivity contribution in [3.8, 4) is 11.5 Å². The first-order valence-corrected chi connectivity index (χ1v) is 8.11. The first-order valence-electron chi connectivity index (χ1n) is 8.11. The van der Waals surface area contributed by atoms with E-state index >= 15 is 0 Å². The van der Waals surface area contributed by atoms with Crippen LogP contribution in [0.4, 0.5) is 0 Å². The maximum absolute atomic E-state index is 12.1. The third-order valence-corrected chi connectivity index (χ3v) is 4.65. The first-order chi connectivity index (χ1) is 12.0. The van der Waals surface area contributed by atoms with Crippen LogP contribution in [0.5, 0.6) is 11.5 Å². The van der Waals surface area contributed by atoms with Crippen LogP contribution in [0.25, 0.3) is 21.8 Å². The minimum absolute atomic E-state index is 0. The average Bonchev–Trinajstić information content (AvgIpc) is 2.62. The second-order valence-electron chi connectivity index (χ2n) is 6.67. The van der Waals surface area contributed by atoms with Gasteiger partial charge in [0.2, 0.25) is 0 Å². The zero-order valence-electron chi connectivity index (χ0n) is 14.3. The maximum Gasteiger partial charge on any atom is 2.00 e. The summed E-state index contributed by atoms with van der Waals surface area (Å²) in [7, 11) is 0. The fraction of sp³-hybridized carbons (Fsp3) is 0.143. The normalized spacial score (nSPS) is 11.5. The molecular weight excluding hydrogens is 376 g/mol. The molecule has 133 valence electrons. The van der Waals surface area contributed by atoms with Crippen molar-refractivity contribution in [1.29, 1.82) is 0 Å². The Labute approximate surface area is 162 Å². The standard InChI is InChI=1S/C21H18N2O2.Cu/c1-21(2,17-11-9-13-5-3-7-15(24)19(13)22-17)18-12-10-14-6-4-8-16(25)20(14)23-18;/h3-12,24-25H,1-2H3;/q;+2/p-2. The van der Waals surface area contributed by atoms with Crippen LogP contribution >= 0.6 is 0 Å². The molecule has 2 aromatic carbocycles. The Morgan fingerprint density at radius 3 is 1.50 bits per heavy atom. The number of nitrogens with zero attached hydrogens (tertiary/aromatic N) is 2. The molecule has 0 saturated carbocycles. The summed E-state index contributed by atoms with van der Waals surface area (Å²) >= 11 is 0. The van der Waals surface area contributed by atoms with Gasteiger partial charge in [-0.25, -0.2) is 0 Å². The molecule has 2 aromatic heterocycles. The number of hydrogen-bond donors (Lipinski definition) is 0. The van der Waals surface area contributed by atoms with Crippen LogP contribution in [0.15, 0.2) is 60.7 Å². The molecule has 0 amide bonds. The van der Waals surface area contributed by atoms with E-state index in [0.717, 1.165) is 22.2 Å². The summed E-state index contributed by atoms with van der Waals surface area (Å²) in [5.74, 6) is -0.188. The van der Waals surface area contributed by atoms with Crippen molar-refractivity contribution in [2.24, 2.45) is 0 Å². The van der Waals surface area contributed by atoms with E-state index in [1.165, 1.54) is 12.1 Å². The van der Waals surface area contributed by atoms with Crippen molar-refractivity contribution in [3.05, 3.63) is 72.1 Å². The molecule has 0 spiro atoms. The molecule has 4 rings (SSSR count). The van der Waals surface area contributed by atoms with Gasteiger partial charge in [-0.1, -0.05) is 60.0 Å². The summed E-state index contributed by atoms with van der Waals surface area (Å²) in [4.78, 5) is 9.19. The van der Waals surface area contributed by atoms with Gasteiger partial charge in [0.15, 0.2) is 0 Å². The summed E-state index contributed by atoms with van der Waals surface area (Å²) in [5, 5.41) is 25.8. The van der Waals surface area contributed by atoms with Crippen molar-refractivity contribution < 1.29 is 27.3 Å². The van der Waals surface area contributed by atoms with Crippen LogP contribution < -0.4 is 10.2 Å². The molecule has 2 heterocycles. The SMILES string of the molecule is CC(C)(c1ccc2cccc([O-])c2n1)c1ccc2cccc([O-])c2n1.[Cu+2]. The predicted octanol–water partition coefficient (Wildman–Crippen LogP) is 3.25. The number of para-hydroxylation sites is 2. The molecule has 0 unspecified atom stereocenters. The van der Waals surface area contributed by atoms with E-state index in [1.807, 2.05) is 50.2 Å². The van der Waals surface area contributed by atoms with Gasteiger partial charge in [-0.15, -0.1) is 0 Å². The van der Waals surface area contributed by atoms with Crippen LogP contribution in [-0.4, -0.2) is 9.97 Å². The molecular formula is C21H16CuN2O2. The van der Waals surface area contributed by atoms with Crippen LogP contribution in [0.3, 0.4) is 0 Å². The van der Waals surface area contributed by atoms with E-state index in [4.69, 9.17) is 0 Å². The summed E-state index contributed by atoms with van der Waals surface area (Å²) in [6.45, 7) is 3.99. The monoisotopic (exact) mass is 391 g/mol. The van der Waals surface area contributed by atoms with E-state index in [0.29, 0.717) is 11.0 Å². The van der Waals surface area contributed by atoms with Crippen LogP contribution in [-0.2, 0) is 22.5 Å². The van der Waals surface area contributed by atoms with E-state index in [-0.39, 0.29) is 28.6 Å². The molecule has 0 fully saturated rings. The molecule has 0 bridgehead atoms. The quantitative estimate of drug-likeness (QED) is 0.492. The van der Waals surface area contributed by atoms with Gasteiger partial charge in [0.1, 0.15) is 0 Å². The summed E-state index contributed by atoms with van der Waals surface area (Å²) in [5.41, 5.74) is 1.88. The second-order valence-corrected chi connectivity index (χ2v) is 6.67. The predicted molar refractivity (Wildman–Crippen MR) is 94.5 cm³/mol. The first kappa shape index (κ1) is 18.2. The van der Waals surface area contributed by atoms with Gasteiger partial charge in [-0.3, -0.25) is 9.97 Å². The van der Waals surface area contributed by atoms with Crippen LogP contribution in [0.1, 0.15) is 25.2 Å². The Balaban J connectivity index is 0.00000196. The number of hydrogen-bond acceptors (Lipinski definition) is 4. The van der Waals surface area contributed by atoms with Crippen LogP contribution in [0.2, 0.25) is 0 Å². The molecule has 26 heavy (non-hydrogen) atoms. The summed E-state index contributed by atoms with van der Waals surface area (Å²) in [6, 6.07) is 17.9. The molecule has 0 saturated heterocycles. The minimum Gasteiger partial charge on any atom is -0.871 e. The van der Waals surface area contributed by atoms with E-state index in [2.05, 4.69) is 9.97 Å². The van der Waals surface area contributed by atoms with E-state index in [1.54, 1.807) is 12.1 Å². The van der Waals surface area contributed by atoms with Crippen molar-refractivity contribution in [1.82, 2.24) is 9.97 Å². The molecule has 0 aliphatic carbocycles. The Kier molecular flexibility index (Phi) is 4.61. The molecule has 4 aromatic rings. The molecule has 1 radical (unpaired) electrons. The number of aromatic nitrogens is 2. The number of pyridine rings is 2. The number of rotatable bonds is 2. The fourth-order valence-electron chi connectivity index (χ4n) is 3.07. The summed E-state index contributed by atoms with van der Waals surface area (Å²) in [6.07, 6.45) is 0. The van der Waals surface area contributed by atoms with E-state index in [9.17, 15) is 10.2 Å². The zero-order chi connectivity index (χ0) is 17.6. The smallest absolute Gasteiger partial charge is 0.871 e. The molecule has 0 N–H and O–H groups in total. The van der Waals surface area contributed by atoms with Gasteiger partial charge in [0, 0.05) is 5.41 Å². The number of benzene rings is 2. The second kappa shape index (κ2) is 6.60. The van der Waals surface area contributed by atoms with E-state index < -0.39 is 5.41 Å². The van der Waals surface area contributed by atoms with Gasteiger partial charge in [-0.2, -0.15) is 0 Å². The van der Waals surface area contributed by atoms with Gasteiger partial charge in [0.25, 0.3) is 0 Å². The Hall–Kier alpha value is -2.62. The number of fused-ring (bicyclic) bond motifs is 2. The fourth-order valence-corrected chi connectivity index (χ4v) is 3.07. The third kappa shape index (κ3) is 2.90. The molecule has 5 heteroatoms. The van der Waals surface area contributed by atoms with Gasteiger partial charge in [-0.05, 0) is 36.8 Å². The zero-order valence-corrected chi connectivity index (χ0v) is 15.2. The van der Waals surface area contributed by atoms with Crippen molar-refractivity contribution >= 4 is 21.8 Å². The Morgan fingerprint density at radius 2 is 1.08 bits per heavy atom. The van der Waals surface area contributed by atoms with Gasteiger partial charge >= 0.3 is 17.1 Å². The topological polar surface area (TPSA) is 71.9 Å². The van der Waals surface area contributed by atoms with Crippen molar-refractivity contribution in [3.63, 3.8) is 0 Å². The average molecular weight is 392 g/mol. The molecule has 0 atom stereocenters. The minimum atomic E-state index is -0.535. The third-order valence-electron chi connectivity index (χ3n) is 4.65. The Bertz CT molecular complexity index is 1020. The summed E-state index contributed by atoms with van der Waals surface area (Å²) < 4.78 is 0. The van der Waals surface area contributed by atoms with Gasteiger partial charge < -0.3 is 10.2 Å². The van der Waals surface area contributed by atoms with Crippen LogP contribution in [0, 0.1) is 0 Å². The molecule has 4 nitrogen and oxygen atoms in total. The molecule has 0 aliphatic heterocycles.